The molecule has 22 heavy (non-hydrogen) atoms. The topological polar surface area (TPSA) is 114 Å². The molecule has 2 aromatic heterocycles. The molecule has 0 spiro atoms. The van der Waals surface area contributed by atoms with E-state index in [9.17, 15) is 13.2 Å². The number of aromatic nitrogens is 3. The zero-order valence-electron chi connectivity index (χ0n) is 12.1. The van der Waals surface area contributed by atoms with Gasteiger partial charge in [0.2, 0.25) is 0 Å². The maximum atomic E-state index is 12.0. The van der Waals surface area contributed by atoms with Crippen molar-refractivity contribution in [3.8, 4) is 0 Å². The first-order valence-electron chi connectivity index (χ1n) is 6.37. The number of pyridine rings is 1. The van der Waals surface area contributed by atoms with Crippen molar-refractivity contribution < 1.29 is 13.2 Å². The van der Waals surface area contributed by atoms with Gasteiger partial charge < -0.3 is 5.32 Å². The molecule has 1 amide bonds. The molecule has 0 bridgehead atoms. The van der Waals surface area contributed by atoms with E-state index in [1.807, 2.05) is 0 Å². The highest BCUT2D eigenvalue weighted by Gasteiger charge is 2.14. The quantitative estimate of drug-likeness (QED) is 0.802. The normalized spacial score (nSPS) is 11.2. The Kier molecular flexibility index (Phi) is 4.78. The summed E-state index contributed by atoms with van der Waals surface area (Å²) in [5, 5.41) is 2.59. The summed E-state index contributed by atoms with van der Waals surface area (Å²) >= 11 is 0. The van der Waals surface area contributed by atoms with Crippen LogP contribution < -0.4 is 10.0 Å². The molecule has 2 N–H and O–H groups in total. The first-order chi connectivity index (χ1) is 10.4. The van der Waals surface area contributed by atoms with Gasteiger partial charge >= 0.3 is 0 Å². The van der Waals surface area contributed by atoms with Gasteiger partial charge in [-0.05, 0) is 31.7 Å². The Morgan fingerprint density at radius 3 is 2.77 bits per heavy atom. The van der Waals surface area contributed by atoms with E-state index in [4.69, 9.17) is 0 Å². The molecule has 116 valence electrons. The molecule has 0 aliphatic heterocycles. The second-order valence-corrected chi connectivity index (χ2v) is 6.25. The van der Waals surface area contributed by atoms with E-state index in [-0.39, 0.29) is 17.5 Å². The molecule has 0 fully saturated rings. The van der Waals surface area contributed by atoms with Crippen molar-refractivity contribution in [1.82, 2.24) is 25.0 Å². The van der Waals surface area contributed by atoms with Crippen LogP contribution in [0.25, 0.3) is 0 Å². The predicted molar refractivity (Wildman–Crippen MR) is 78.4 cm³/mol. The Bertz CT molecular complexity index is 792. The standard InChI is InChI=1S/C13H15N5O3S/c1-9-11(7-15-8-18-9)13(19)17-6-10-3-4-16-12(5-10)22(20,21)14-2/h3-5,7-8,14H,6H2,1-2H3,(H,17,19). The smallest absolute Gasteiger partial charge is 0.257 e. The lowest BCUT2D eigenvalue weighted by Crippen LogP contribution is -2.25. The summed E-state index contributed by atoms with van der Waals surface area (Å²) in [7, 11) is -2.30. The Morgan fingerprint density at radius 1 is 1.32 bits per heavy atom. The summed E-state index contributed by atoms with van der Waals surface area (Å²) in [4.78, 5) is 23.6. The number of hydrogen-bond acceptors (Lipinski definition) is 6. The molecule has 0 saturated heterocycles. The van der Waals surface area contributed by atoms with Crippen molar-refractivity contribution in [3.05, 3.63) is 47.7 Å². The number of sulfonamides is 1. The highest BCUT2D eigenvalue weighted by Crippen LogP contribution is 2.08. The zero-order chi connectivity index (χ0) is 16.2. The SMILES string of the molecule is CNS(=O)(=O)c1cc(CNC(=O)c2cncnc2C)ccn1. The number of aryl methyl sites for hydroxylation is 1. The Labute approximate surface area is 128 Å². The minimum absolute atomic E-state index is 0.0963. The largest absolute Gasteiger partial charge is 0.348 e. The van der Waals surface area contributed by atoms with E-state index in [1.54, 1.807) is 13.0 Å². The average Bonchev–Trinajstić information content (AvgIpc) is 2.53. The summed E-state index contributed by atoms with van der Waals surface area (Å²) in [5.41, 5.74) is 1.56. The summed E-state index contributed by atoms with van der Waals surface area (Å²) in [6, 6.07) is 3.03. The van der Waals surface area contributed by atoms with Crippen LogP contribution in [-0.2, 0) is 16.6 Å². The van der Waals surface area contributed by atoms with Gasteiger partial charge in [0.15, 0.2) is 5.03 Å². The van der Waals surface area contributed by atoms with E-state index in [0.717, 1.165) is 0 Å². The number of nitrogens with one attached hydrogen (secondary N) is 2. The maximum absolute atomic E-state index is 12.0. The summed E-state index contributed by atoms with van der Waals surface area (Å²) in [6.07, 6.45) is 4.17. The van der Waals surface area contributed by atoms with Crippen molar-refractivity contribution in [2.24, 2.45) is 0 Å². The van der Waals surface area contributed by atoms with Crippen LogP contribution in [-0.4, -0.2) is 36.3 Å². The minimum Gasteiger partial charge on any atom is -0.348 e. The van der Waals surface area contributed by atoms with Gasteiger partial charge in [-0.3, -0.25) is 4.79 Å². The van der Waals surface area contributed by atoms with Gasteiger partial charge in [-0.25, -0.2) is 28.1 Å². The van der Waals surface area contributed by atoms with E-state index >= 15 is 0 Å². The Hall–Kier alpha value is -2.39. The molecule has 0 saturated carbocycles. The number of carbonyl (C=O) groups is 1. The maximum Gasteiger partial charge on any atom is 0.257 e. The van der Waals surface area contributed by atoms with Crippen LogP contribution in [0.5, 0.6) is 0 Å². The molecule has 0 radical (unpaired) electrons. The average molecular weight is 321 g/mol. The summed E-state index contributed by atoms with van der Waals surface area (Å²) in [5.74, 6) is -0.326. The first-order valence-corrected chi connectivity index (χ1v) is 7.85. The van der Waals surface area contributed by atoms with Crippen molar-refractivity contribution in [2.45, 2.75) is 18.5 Å². The second kappa shape index (κ2) is 6.58. The van der Waals surface area contributed by atoms with Gasteiger partial charge in [-0.2, -0.15) is 0 Å². The van der Waals surface area contributed by atoms with E-state index in [1.165, 1.54) is 31.8 Å². The molecular weight excluding hydrogens is 306 g/mol. The molecule has 8 nitrogen and oxygen atoms in total. The molecule has 0 unspecified atom stereocenters. The van der Waals surface area contributed by atoms with Crippen molar-refractivity contribution in [2.75, 3.05) is 7.05 Å². The van der Waals surface area contributed by atoms with Gasteiger partial charge in [-0.15, -0.1) is 0 Å². The van der Waals surface area contributed by atoms with Gasteiger partial charge in [0, 0.05) is 18.9 Å². The molecule has 0 aliphatic carbocycles. The minimum atomic E-state index is -3.61. The van der Waals surface area contributed by atoms with Crippen LogP contribution >= 0.6 is 0 Å². The van der Waals surface area contributed by atoms with Crippen LogP contribution in [0.4, 0.5) is 0 Å². The van der Waals surface area contributed by atoms with Gasteiger partial charge in [0.25, 0.3) is 15.9 Å². The van der Waals surface area contributed by atoms with Crippen LogP contribution in [0, 0.1) is 6.92 Å². The zero-order valence-corrected chi connectivity index (χ0v) is 12.9. The summed E-state index contributed by atoms with van der Waals surface area (Å²) in [6.45, 7) is 1.88. The fourth-order valence-electron chi connectivity index (χ4n) is 1.70. The Balaban J connectivity index is 2.11. The number of rotatable bonds is 5. The molecule has 9 heteroatoms. The van der Waals surface area contributed by atoms with Crippen molar-refractivity contribution in [1.29, 1.82) is 0 Å². The van der Waals surface area contributed by atoms with Crippen LogP contribution in [0.2, 0.25) is 0 Å². The lowest BCUT2D eigenvalue weighted by atomic mass is 10.2. The first kappa shape index (κ1) is 16.0. The lowest BCUT2D eigenvalue weighted by molar-refractivity contribution is 0.0949. The molecular formula is C13H15N5O3S. The molecule has 2 aromatic rings. The predicted octanol–water partition coefficient (Wildman–Crippen LogP) is 0.0181. The number of carbonyl (C=O) groups excluding carboxylic acids is 1. The van der Waals surface area contributed by atoms with Crippen molar-refractivity contribution in [3.63, 3.8) is 0 Å². The van der Waals surface area contributed by atoms with Gasteiger partial charge in [0.05, 0.1) is 11.3 Å². The molecule has 0 atom stereocenters. The van der Waals surface area contributed by atoms with Crippen molar-refractivity contribution >= 4 is 15.9 Å². The van der Waals surface area contributed by atoms with E-state index < -0.39 is 10.0 Å². The molecule has 0 aromatic carbocycles. The molecule has 2 heterocycles. The number of amides is 1. The fraction of sp³-hybridized carbons (Fsp3) is 0.231. The van der Waals surface area contributed by atoms with Gasteiger partial charge in [-0.1, -0.05) is 0 Å². The highest BCUT2D eigenvalue weighted by molar-refractivity contribution is 7.89. The summed E-state index contributed by atoms with van der Waals surface area (Å²) < 4.78 is 25.5. The fourth-order valence-corrected chi connectivity index (χ4v) is 2.42. The van der Waals surface area contributed by atoms with E-state index in [2.05, 4.69) is 25.0 Å². The molecule has 2 rings (SSSR count). The van der Waals surface area contributed by atoms with E-state index in [0.29, 0.717) is 16.8 Å². The monoisotopic (exact) mass is 321 g/mol. The number of hydrogen-bond donors (Lipinski definition) is 2. The van der Waals surface area contributed by atoms with Crippen LogP contribution in [0.15, 0.2) is 35.9 Å². The molecule has 0 aliphatic rings. The van der Waals surface area contributed by atoms with Gasteiger partial charge in [0.1, 0.15) is 6.33 Å². The number of nitrogens with zero attached hydrogens (tertiary/aromatic N) is 3. The second-order valence-electron chi connectivity index (χ2n) is 4.41. The third kappa shape index (κ3) is 3.62. The van der Waals surface area contributed by atoms with Crippen LogP contribution in [0.1, 0.15) is 21.6 Å². The van der Waals surface area contributed by atoms with Crippen LogP contribution in [0.3, 0.4) is 0 Å². The lowest BCUT2D eigenvalue weighted by Gasteiger charge is -2.08. The third-order valence-corrected chi connectivity index (χ3v) is 4.26. The third-order valence-electron chi connectivity index (χ3n) is 2.95. The Morgan fingerprint density at radius 2 is 2.09 bits per heavy atom. The highest BCUT2D eigenvalue weighted by atomic mass is 32.2.